The van der Waals surface area contributed by atoms with Gasteiger partial charge in [-0.3, -0.25) is 9.89 Å². The zero-order valence-electron chi connectivity index (χ0n) is 23.3. The van der Waals surface area contributed by atoms with Crippen molar-refractivity contribution >= 4 is 35.9 Å². The normalized spacial score (nSPS) is 18.0. The number of nitrogens with zero attached hydrogens (tertiary/aromatic N) is 2. The highest BCUT2D eigenvalue weighted by atomic mass is 28.3. The third-order valence-corrected chi connectivity index (χ3v) is 8.99. The van der Waals surface area contributed by atoms with Gasteiger partial charge < -0.3 is 20.1 Å². The van der Waals surface area contributed by atoms with Gasteiger partial charge >= 0.3 is 6.03 Å². The van der Waals surface area contributed by atoms with Gasteiger partial charge in [0, 0.05) is 41.4 Å². The van der Waals surface area contributed by atoms with Gasteiger partial charge in [-0.25, -0.2) is 4.79 Å². The second kappa shape index (κ2) is 11.7. The summed E-state index contributed by atoms with van der Waals surface area (Å²) in [6.45, 7) is 13.8. The van der Waals surface area contributed by atoms with Gasteiger partial charge in [0.1, 0.15) is 26.5 Å². The standard InChI is InChI=1S/C31H38N4O3Si/c1-22-9-11-23(12-10-22)30-27(21-29(34-30)39(2,3)4)33-31(36)32-26-13-14-28(25-8-6-5-7-24(25)26)38-20-17-35-15-18-37-19-16-35/h5-14,21,30H,15-20H2,1-4H3,(H2,32,33,36). The zero-order valence-corrected chi connectivity index (χ0v) is 24.3. The summed E-state index contributed by atoms with van der Waals surface area (Å²) in [7, 11) is -1.66. The zero-order chi connectivity index (χ0) is 27.4. The highest BCUT2D eigenvalue weighted by Crippen LogP contribution is 2.33. The number of carbonyl (C=O) groups excluding carboxylic acids is 1. The Morgan fingerprint density at radius 3 is 2.44 bits per heavy atom. The molecular weight excluding hydrogens is 504 g/mol. The summed E-state index contributed by atoms with van der Waals surface area (Å²) in [6.07, 6.45) is 2.07. The van der Waals surface area contributed by atoms with E-state index < -0.39 is 8.07 Å². The van der Waals surface area contributed by atoms with Gasteiger partial charge in [0.25, 0.3) is 0 Å². The summed E-state index contributed by atoms with van der Waals surface area (Å²) in [6, 6.07) is 19.7. The minimum absolute atomic E-state index is 0.211. The van der Waals surface area contributed by atoms with Crippen LogP contribution in [0.2, 0.25) is 19.6 Å². The van der Waals surface area contributed by atoms with Crippen LogP contribution < -0.4 is 15.4 Å². The molecule has 5 rings (SSSR count). The predicted octanol–water partition coefficient (Wildman–Crippen LogP) is 5.94. The number of urea groups is 1. The van der Waals surface area contributed by atoms with Crippen LogP contribution in [0.1, 0.15) is 17.2 Å². The van der Waals surface area contributed by atoms with Crippen molar-refractivity contribution < 1.29 is 14.3 Å². The summed E-state index contributed by atoms with van der Waals surface area (Å²) in [5, 5.41) is 9.20. The van der Waals surface area contributed by atoms with Crippen molar-refractivity contribution in [2.45, 2.75) is 32.6 Å². The highest BCUT2D eigenvalue weighted by Gasteiger charge is 2.30. The second-order valence-corrected chi connectivity index (χ2v) is 16.2. The Hall–Kier alpha value is -3.46. The molecule has 2 aliphatic heterocycles. The molecule has 3 aromatic rings. The minimum atomic E-state index is -1.66. The SMILES string of the molecule is Cc1ccc(C2N=C([Si](C)(C)C)C=C2NC(=O)Nc2ccc(OCCN3CCOCC3)c3ccccc23)cc1. The Balaban J connectivity index is 1.30. The fraction of sp³-hybridized carbons (Fsp3) is 0.355. The lowest BCUT2D eigenvalue weighted by Crippen LogP contribution is -2.38. The number of rotatable bonds is 8. The summed E-state index contributed by atoms with van der Waals surface area (Å²) >= 11 is 0. The van der Waals surface area contributed by atoms with Crippen LogP contribution in [0.15, 0.2) is 77.4 Å². The van der Waals surface area contributed by atoms with Gasteiger partial charge in [-0.05, 0) is 30.7 Å². The lowest BCUT2D eigenvalue weighted by molar-refractivity contribution is 0.0323. The number of anilines is 1. The molecule has 7 nitrogen and oxygen atoms in total. The molecule has 2 amide bonds. The van der Waals surface area contributed by atoms with E-state index in [0.29, 0.717) is 6.61 Å². The molecule has 0 aromatic heterocycles. The Bertz CT molecular complexity index is 1390. The van der Waals surface area contributed by atoms with Crippen LogP contribution in [-0.2, 0) is 4.74 Å². The maximum absolute atomic E-state index is 13.3. The van der Waals surface area contributed by atoms with E-state index in [-0.39, 0.29) is 12.1 Å². The molecule has 1 fully saturated rings. The first kappa shape index (κ1) is 27.1. The van der Waals surface area contributed by atoms with Crippen LogP contribution in [0, 0.1) is 6.92 Å². The topological polar surface area (TPSA) is 75.2 Å². The largest absolute Gasteiger partial charge is 0.492 e. The Kier molecular flexibility index (Phi) is 8.16. The van der Waals surface area contributed by atoms with Gasteiger partial charge in [-0.1, -0.05) is 73.7 Å². The maximum Gasteiger partial charge on any atom is 0.323 e. The lowest BCUT2D eigenvalue weighted by Gasteiger charge is -2.26. The van der Waals surface area contributed by atoms with Crippen molar-refractivity contribution in [2.75, 3.05) is 44.8 Å². The number of carbonyl (C=O) groups is 1. The number of fused-ring (bicyclic) bond motifs is 1. The van der Waals surface area contributed by atoms with Crippen LogP contribution in [0.5, 0.6) is 5.75 Å². The van der Waals surface area contributed by atoms with Crippen LogP contribution >= 0.6 is 0 Å². The number of benzene rings is 3. The summed E-state index contributed by atoms with van der Waals surface area (Å²) in [5.74, 6) is 0.816. The summed E-state index contributed by atoms with van der Waals surface area (Å²) in [4.78, 5) is 20.7. The van der Waals surface area contributed by atoms with Gasteiger partial charge in [-0.2, -0.15) is 0 Å². The number of aryl methyl sites for hydroxylation is 1. The first-order chi connectivity index (χ1) is 18.8. The van der Waals surface area contributed by atoms with E-state index in [9.17, 15) is 4.79 Å². The number of hydrogen-bond acceptors (Lipinski definition) is 5. The maximum atomic E-state index is 13.3. The molecular formula is C31H38N4O3Si. The van der Waals surface area contributed by atoms with E-state index in [4.69, 9.17) is 14.5 Å². The number of aliphatic imine (C=N–C) groups is 1. The summed E-state index contributed by atoms with van der Waals surface area (Å²) < 4.78 is 11.6. The fourth-order valence-electron chi connectivity index (χ4n) is 4.89. The number of amides is 2. The number of ether oxygens (including phenoxy) is 2. The van der Waals surface area contributed by atoms with Crippen molar-refractivity contribution in [1.82, 2.24) is 10.2 Å². The molecule has 3 aromatic carbocycles. The van der Waals surface area contributed by atoms with Crippen molar-refractivity contribution in [2.24, 2.45) is 4.99 Å². The molecule has 39 heavy (non-hydrogen) atoms. The summed E-state index contributed by atoms with van der Waals surface area (Å²) in [5.41, 5.74) is 3.81. The van der Waals surface area contributed by atoms with Gasteiger partial charge in [-0.15, -0.1) is 0 Å². The van der Waals surface area contributed by atoms with E-state index in [2.05, 4.69) is 72.4 Å². The quantitative estimate of drug-likeness (QED) is 0.346. The Labute approximate surface area is 231 Å². The Morgan fingerprint density at radius 2 is 1.72 bits per heavy atom. The molecule has 0 aliphatic carbocycles. The van der Waals surface area contributed by atoms with E-state index in [1.54, 1.807) is 0 Å². The van der Waals surface area contributed by atoms with E-state index >= 15 is 0 Å². The average Bonchev–Trinajstić information content (AvgIpc) is 3.35. The van der Waals surface area contributed by atoms with E-state index in [0.717, 1.165) is 71.7 Å². The van der Waals surface area contributed by atoms with Gasteiger partial charge in [0.15, 0.2) is 0 Å². The Morgan fingerprint density at radius 1 is 1.00 bits per heavy atom. The van der Waals surface area contributed by atoms with Crippen LogP contribution in [0.25, 0.3) is 10.8 Å². The van der Waals surface area contributed by atoms with Gasteiger partial charge in [0.05, 0.1) is 18.9 Å². The number of allylic oxidation sites excluding steroid dienone is 1. The second-order valence-electron chi connectivity index (χ2n) is 11.2. The van der Waals surface area contributed by atoms with Crippen molar-refractivity contribution in [3.05, 3.63) is 83.6 Å². The molecule has 2 heterocycles. The molecule has 204 valence electrons. The average molecular weight is 543 g/mol. The third kappa shape index (κ3) is 6.58. The molecule has 0 bridgehead atoms. The molecule has 8 heteroatoms. The molecule has 2 aliphatic rings. The third-order valence-electron chi connectivity index (χ3n) is 7.18. The van der Waals surface area contributed by atoms with Crippen LogP contribution in [0.4, 0.5) is 10.5 Å². The number of morpholine rings is 1. The molecule has 1 atom stereocenters. The predicted molar refractivity (Wildman–Crippen MR) is 162 cm³/mol. The first-order valence-corrected chi connectivity index (χ1v) is 17.2. The molecule has 1 unspecified atom stereocenters. The minimum Gasteiger partial charge on any atom is -0.492 e. The van der Waals surface area contributed by atoms with Crippen molar-refractivity contribution in [1.29, 1.82) is 0 Å². The molecule has 1 saturated heterocycles. The smallest absolute Gasteiger partial charge is 0.323 e. The van der Waals surface area contributed by atoms with Gasteiger partial charge in [0.2, 0.25) is 0 Å². The van der Waals surface area contributed by atoms with Crippen molar-refractivity contribution in [3.8, 4) is 5.75 Å². The molecule has 2 N–H and O–H groups in total. The molecule has 0 radical (unpaired) electrons. The highest BCUT2D eigenvalue weighted by molar-refractivity contribution is 7.06. The number of hydrogen-bond donors (Lipinski definition) is 2. The van der Waals surface area contributed by atoms with Crippen molar-refractivity contribution in [3.63, 3.8) is 0 Å². The monoisotopic (exact) mass is 542 g/mol. The molecule has 0 spiro atoms. The van der Waals surface area contributed by atoms with E-state index in [1.165, 1.54) is 5.56 Å². The molecule has 0 saturated carbocycles. The van der Waals surface area contributed by atoms with E-state index in [1.807, 2.05) is 36.4 Å². The number of nitrogens with one attached hydrogen (secondary N) is 2. The van der Waals surface area contributed by atoms with Crippen LogP contribution in [-0.4, -0.2) is 63.8 Å². The first-order valence-electron chi connectivity index (χ1n) is 13.7. The van der Waals surface area contributed by atoms with Crippen LogP contribution in [0.3, 0.4) is 0 Å². The fourth-order valence-corrected chi connectivity index (χ4v) is 5.99. The lowest BCUT2D eigenvalue weighted by atomic mass is 10.0.